The third-order valence-corrected chi connectivity index (χ3v) is 5.21. The van der Waals surface area contributed by atoms with Gasteiger partial charge in [-0.2, -0.15) is 5.10 Å². The number of carbonyl (C=O) groups excluding carboxylic acids is 1. The maximum atomic E-state index is 12.8. The van der Waals surface area contributed by atoms with E-state index in [4.69, 9.17) is 11.6 Å². The van der Waals surface area contributed by atoms with E-state index in [1.54, 1.807) is 17.1 Å². The number of hydrogen-bond acceptors (Lipinski definition) is 3. The monoisotopic (exact) mass is 407 g/mol. The molecule has 4 aromatic rings. The number of fused-ring (bicyclic) bond motifs is 1. The molecule has 1 atom stereocenters. The Hall–Kier alpha value is -3.12. The number of aromatic amines is 1. The highest BCUT2D eigenvalue weighted by Gasteiger charge is 2.23. The standard InChI is InChI=1S/C22H22ClN5O/c1-14(2)20(21-25-18-9-5-6-10-19(18)26-21)27-22(29)16-11-24-28(13-16)12-15-7-3-4-8-17(15)23/h3-11,13-14,20H,12H2,1-2H3,(H,25,26)(H,27,29)/t20-/m0/s1. The van der Waals surface area contributed by atoms with Gasteiger partial charge in [0.05, 0.1) is 35.4 Å². The molecular formula is C22H22ClN5O. The summed E-state index contributed by atoms with van der Waals surface area (Å²) in [6.45, 7) is 4.61. The van der Waals surface area contributed by atoms with Crippen LogP contribution in [0, 0.1) is 5.92 Å². The first-order valence-corrected chi connectivity index (χ1v) is 9.90. The molecule has 0 saturated heterocycles. The number of carbonyl (C=O) groups is 1. The lowest BCUT2D eigenvalue weighted by Gasteiger charge is -2.19. The van der Waals surface area contributed by atoms with Gasteiger partial charge in [-0.3, -0.25) is 9.48 Å². The number of nitrogens with zero attached hydrogens (tertiary/aromatic N) is 3. The number of aromatic nitrogens is 4. The Morgan fingerprint density at radius 3 is 2.69 bits per heavy atom. The number of para-hydroxylation sites is 2. The Kier molecular flexibility index (Phi) is 5.36. The quantitative estimate of drug-likeness (QED) is 0.491. The second-order valence-corrected chi connectivity index (χ2v) is 7.76. The zero-order valence-electron chi connectivity index (χ0n) is 16.3. The summed E-state index contributed by atoms with van der Waals surface area (Å²) >= 11 is 6.22. The number of benzene rings is 2. The molecule has 29 heavy (non-hydrogen) atoms. The van der Waals surface area contributed by atoms with Gasteiger partial charge in [0.15, 0.2) is 0 Å². The number of halogens is 1. The molecule has 148 valence electrons. The van der Waals surface area contributed by atoms with Gasteiger partial charge in [-0.15, -0.1) is 0 Å². The van der Waals surface area contributed by atoms with Gasteiger partial charge >= 0.3 is 0 Å². The van der Waals surface area contributed by atoms with Gasteiger partial charge in [0.25, 0.3) is 5.91 Å². The first-order valence-electron chi connectivity index (χ1n) is 9.52. The van der Waals surface area contributed by atoms with Crippen LogP contribution in [0.15, 0.2) is 60.9 Å². The van der Waals surface area contributed by atoms with Crippen LogP contribution in [0.25, 0.3) is 11.0 Å². The predicted molar refractivity (Wildman–Crippen MR) is 114 cm³/mol. The Morgan fingerprint density at radius 2 is 1.93 bits per heavy atom. The van der Waals surface area contributed by atoms with E-state index in [1.165, 1.54) is 0 Å². The van der Waals surface area contributed by atoms with Crippen LogP contribution in [0.3, 0.4) is 0 Å². The van der Waals surface area contributed by atoms with Crippen LogP contribution in [0.4, 0.5) is 0 Å². The highest BCUT2D eigenvalue weighted by molar-refractivity contribution is 6.31. The highest BCUT2D eigenvalue weighted by atomic mass is 35.5. The minimum atomic E-state index is -0.234. The maximum Gasteiger partial charge on any atom is 0.255 e. The molecule has 4 rings (SSSR count). The Morgan fingerprint density at radius 1 is 1.17 bits per heavy atom. The normalized spacial score (nSPS) is 12.4. The molecular weight excluding hydrogens is 386 g/mol. The predicted octanol–water partition coefficient (Wildman–Crippen LogP) is 4.59. The molecule has 0 aliphatic carbocycles. The lowest BCUT2D eigenvalue weighted by atomic mass is 10.0. The van der Waals surface area contributed by atoms with E-state index in [0.29, 0.717) is 17.1 Å². The van der Waals surface area contributed by atoms with Crippen molar-refractivity contribution in [3.05, 3.63) is 82.9 Å². The Bertz CT molecular complexity index is 1110. The van der Waals surface area contributed by atoms with E-state index in [1.807, 2.05) is 48.5 Å². The summed E-state index contributed by atoms with van der Waals surface area (Å²) in [5, 5.41) is 8.07. The Balaban J connectivity index is 1.51. The zero-order chi connectivity index (χ0) is 20.4. The lowest BCUT2D eigenvalue weighted by Crippen LogP contribution is -2.32. The summed E-state index contributed by atoms with van der Waals surface area (Å²) < 4.78 is 1.71. The Labute approximate surface area is 173 Å². The number of hydrogen-bond donors (Lipinski definition) is 2. The number of nitrogens with one attached hydrogen (secondary N) is 2. The minimum Gasteiger partial charge on any atom is -0.342 e. The highest BCUT2D eigenvalue weighted by Crippen LogP contribution is 2.23. The average molecular weight is 408 g/mol. The van der Waals surface area contributed by atoms with E-state index in [9.17, 15) is 4.79 Å². The van der Waals surface area contributed by atoms with Crippen LogP contribution >= 0.6 is 11.6 Å². The number of H-pyrrole nitrogens is 1. The van der Waals surface area contributed by atoms with Gasteiger partial charge in [0.1, 0.15) is 5.82 Å². The third kappa shape index (κ3) is 4.17. The van der Waals surface area contributed by atoms with Gasteiger partial charge in [-0.05, 0) is 29.7 Å². The van der Waals surface area contributed by atoms with Gasteiger partial charge < -0.3 is 10.3 Å². The smallest absolute Gasteiger partial charge is 0.255 e. The lowest BCUT2D eigenvalue weighted by molar-refractivity contribution is 0.0923. The van der Waals surface area contributed by atoms with Gasteiger partial charge in [-0.1, -0.05) is 55.8 Å². The molecule has 0 aliphatic heterocycles. The molecule has 6 nitrogen and oxygen atoms in total. The molecule has 0 fully saturated rings. The van der Waals surface area contributed by atoms with Crippen molar-refractivity contribution in [2.45, 2.75) is 26.4 Å². The molecule has 7 heteroatoms. The van der Waals surface area contributed by atoms with Crippen molar-refractivity contribution in [3.63, 3.8) is 0 Å². The third-order valence-electron chi connectivity index (χ3n) is 4.84. The largest absolute Gasteiger partial charge is 0.342 e. The number of rotatable bonds is 6. The first kappa shape index (κ1) is 19.2. The van der Waals surface area contributed by atoms with Gasteiger partial charge in [0, 0.05) is 11.2 Å². The fourth-order valence-electron chi connectivity index (χ4n) is 3.26. The van der Waals surface area contributed by atoms with Crippen molar-refractivity contribution in [3.8, 4) is 0 Å². The van der Waals surface area contributed by atoms with Crippen LogP contribution in [0.5, 0.6) is 0 Å². The van der Waals surface area contributed by atoms with Crippen molar-refractivity contribution in [2.75, 3.05) is 0 Å². The van der Waals surface area contributed by atoms with E-state index in [-0.39, 0.29) is 17.9 Å². The molecule has 2 aromatic heterocycles. The van der Waals surface area contributed by atoms with Crippen molar-refractivity contribution < 1.29 is 4.79 Å². The van der Waals surface area contributed by atoms with E-state index in [0.717, 1.165) is 22.4 Å². The van der Waals surface area contributed by atoms with Crippen LogP contribution in [-0.2, 0) is 6.54 Å². The molecule has 1 amide bonds. The van der Waals surface area contributed by atoms with Crippen molar-refractivity contribution in [2.24, 2.45) is 5.92 Å². The molecule has 2 heterocycles. The summed E-state index contributed by atoms with van der Waals surface area (Å²) in [7, 11) is 0. The molecule has 2 N–H and O–H groups in total. The molecule has 0 spiro atoms. The second kappa shape index (κ2) is 8.09. The van der Waals surface area contributed by atoms with Gasteiger partial charge in [0.2, 0.25) is 0 Å². The fraction of sp³-hybridized carbons (Fsp3) is 0.227. The van der Waals surface area contributed by atoms with Crippen molar-refractivity contribution in [1.82, 2.24) is 25.1 Å². The van der Waals surface area contributed by atoms with E-state index >= 15 is 0 Å². The summed E-state index contributed by atoms with van der Waals surface area (Å²) in [5.41, 5.74) is 3.29. The summed E-state index contributed by atoms with van der Waals surface area (Å²) in [6.07, 6.45) is 3.30. The first-order chi connectivity index (χ1) is 14.0. The summed E-state index contributed by atoms with van der Waals surface area (Å²) in [5.74, 6) is 0.727. The molecule has 0 aliphatic rings. The number of amides is 1. The summed E-state index contributed by atoms with van der Waals surface area (Å²) in [6, 6.07) is 15.2. The molecule has 0 bridgehead atoms. The molecule has 2 aromatic carbocycles. The van der Waals surface area contributed by atoms with Crippen LogP contribution < -0.4 is 5.32 Å². The van der Waals surface area contributed by atoms with Crippen LogP contribution in [0.1, 0.15) is 41.6 Å². The number of imidazole rings is 1. The topological polar surface area (TPSA) is 75.6 Å². The van der Waals surface area contributed by atoms with E-state index in [2.05, 4.69) is 34.2 Å². The minimum absolute atomic E-state index is 0.165. The maximum absolute atomic E-state index is 12.8. The molecule has 0 saturated carbocycles. The van der Waals surface area contributed by atoms with Crippen LogP contribution in [-0.4, -0.2) is 25.7 Å². The van der Waals surface area contributed by atoms with E-state index < -0.39 is 0 Å². The molecule has 0 unspecified atom stereocenters. The zero-order valence-corrected chi connectivity index (χ0v) is 17.0. The van der Waals surface area contributed by atoms with Crippen molar-refractivity contribution in [1.29, 1.82) is 0 Å². The second-order valence-electron chi connectivity index (χ2n) is 7.35. The molecule has 0 radical (unpaired) electrons. The van der Waals surface area contributed by atoms with Crippen LogP contribution in [0.2, 0.25) is 5.02 Å². The summed E-state index contributed by atoms with van der Waals surface area (Å²) in [4.78, 5) is 20.8. The SMILES string of the molecule is CC(C)[C@H](NC(=O)c1cnn(Cc2ccccc2Cl)c1)c1nc2ccccc2[nH]1. The average Bonchev–Trinajstić information content (AvgIpc) is 3.34. The van der Waals surface area contributed by atoms with Crippen molar-refractivity contribution >= 4 is 28.5 Å². The fourth-order valence-corrected chi connectivity index (χ4v) is 3.46. The van der Waals surface area contributed by atoms with Gasteiger partial charge in [-0.25, -0.2) is 4.98 Å².